The second-order valence-electron chi connectivity index (χ2n) is 4.30. The van der Waals surface area contributed by atoms with Gasteiger partial charge in [-0.3, -0.25) is 9.59 Å². The lowest BCUT2D eigenvalue weighted by molar-refractivity contribution is 0.0941. The number of fused-ring (bicyclic) bond motifs is 3. The maximum Gasteiger partial charge on any atom is 0.268 e. The van der Waals surface area contributed by atoms with Crippen molar-refractivity contribution >= 4 is 22.6 Å². The smallest absolute Gasteiger partial charge is 0.268 e. The van der Waals surface area contributed by atoms with Crippen LogP contribution in [-0.4, -0.2) is 23.2 Å². The molecule has 0 saturated carbocycles. The van der Waals surface area contributed by atoms with Gasteiger partial charge < -0.3 is 10.3 Å². The van der Waals surface area contributed by atoms with Crippen LogP contribution in [-0.2, 0) is 6.42 Å². The van der Waals surface area contributed by atoms with E-state index in [1.165, 1.54) is 0 Å². The highest BCUT2D eigenvalue weighted by Gasteiger charge is 2.21. The highest BCUT2D eigenvalue weighted by atomic mass is 16.2. The van der Waals surface area contributed by atoms with Crippen molar-refractivity contribution in [2.45, 2.75) is 13.3 Å². The third-order valence-corrected chi connectivity index (χ3v) is 3.20. The summed E-state index contributed by atoms with van der Waals surface area (Å²) in [4.78, 5) is 26.1. The van der Waals surface area contributed by atoms with E-state index in [9.17, 15) is 9.59 Å². The Morgan fingerprint density at radius 3 is 2.94 bits per heavy atom. The fourth-order valence-electron chi connectivity index (χ4n) is 2.31. The quantitative estimate of drug-likeness (QED) is 0.729. The zero-order valence-corrected chi connectivity index (χ0v) is 9.46. The van der Waals surface area contributed by atoms with Crippen LogP contribution >= 0.6 is 0 Å². The Morgan fingerprint density at radius 2 is 2.18 bits per heavy atom. The van der Waals surface area contributed by atoms with E-state index in [1.807, 2.05) is 12.1 Å². The summed E-state index contributed by atoms with van der Waals surface area (Å²) in [6, 6.07) is 5.51. The highest BCUT2D eigenvalue weighted by molar-refractivity contribution is 6.04. The number of rotatable bonds is 1. The van der Waals surface area contributed by atoms with Gasteiger partial charge in [0.1, 0.15) is 5.69 Å². The predicted octanol–water partition coefficient (Wildman–Crippen LogP) is 1.66. The van der Waals surface area contributed by atoms with Gasteiger partial charge in [0.05, 0.1) is 0 Å². The Labute approximate surface area is 98.0 Å². The summed E-state index contributed by atoms with van der Waals surface area (Å²) < 4.78 is 0. The van der Waals surface area contributed by atoms with Crippen molar-refractivity contribution in [2.24, 2.45) is 0 Å². The molecule has 0 fully saturated rings. The molecule has 4 heteroatoms. The number of hydrogen-bond acceptors (Lipinski definition) is 2. The van der Waals surface area contributed by atoms with Gasteiger partial charge in [0.2, 0.25) is 0 Å². The fourth-order valence-corrected chi connectivity index (χ4v) is 2.31. The minimum atomic E-state index is -0.0631. The first-order valence-corrected chi connectivity index (χ1v) is 5.60. The average molecular weight is 228 g/mol. The summed E-state index contributed by atoms with van der Waals surface area (Å²) in [7, 11) is 0. The van der Waals surface area contributed by atoms with Crippen LogP contribution in [0.3, 0.4) is 0 Å². The fraction of sp³-hybridized carbons (Fsp3) is 0.231. The Hall–Kier alpha value is -2.10. The molecule has 2 aromatic rings. The summed E-state index contributed by atoms with van der Waals surface area (Å²) in [5.41, 5.74) is 3.25. The standard InChI is InChI=1S/C13H12N2O2/c1-7(16)8-2-3-11-10(6-8)9-4-5-14-13(17)12(9)15-11/h2-3,6,15H,4-5H2,1H3,(H,14,17). The molecule has 0 atom stereocenters. The lowest BCUT2D eigenvalue weighted by atomic mass is 10.0. The van der Waals surface area contributed by atoms with Gasteiger partial charge in [-0.25, -0.2) is 0 Å². The number of H-pyrrole nitrogens is 1. The zero-order valence-electron chi connectivity index (χ0n) is 9.46. The number of nitrogens with one attached hydrogen (secondary N) is 2. The Balaban J connectivity index is 2.29. The van der Waals surface area contributed by atoms with E-state index in [0.717, 1.165) is 22.9 Å². The van der Waals surface area contributed by atoms with Gasteiger partial charge in [0, 0.05) is 23.0 Å². The molecule has 0 bridgehead atoms. The number of carbonyl (C=O) groups is 2. The number of ketones is 1. The van der Waals surface area contributed by atoms with Crippen molar-refractivity contribution < 1.29 is 9.59 Å². The summed E-state index contributed by atoms with van der Waals surface area (Å²) in [6.07, 6.45) is 0.808. The average Bonchev–Trinajstić information content (AvgIpc) is 2.68. The van der Waals surface area contributed by atoms with E-state index in [-0.39, 0.29) is 11.7 Å². The van der Waals surface area contributed by atoms with Gasteiger partial charge in [-0.2, -0.15) is 0 Å². The van der Waals surface area contributed by atoms with Gasteiger partial charge in [0.15, 0.2) is 5.78 Å². The first-order chi connectivity index (χ1) is 8.16. The monoisotopic (exact) mass is 228 g/mol. The van der Waals surface area contributed by atoms with Crippen molar-refractivity contribution in [3.63, 3.8) is 0 Å². The second-order valence-corrected chi connectivity index (χ2v) is 4.30. The molecular formula is C13H12N2O2. The summed E-state index contributed by atoms with van der Waals surface area (Å²) in [5.74, 6) is -0.0195. The van der Waals surface area contributed by atoms with E-state index < -0.39 is 0 Å². The Bertz CT molecular complexity index is 640. The van der Waals surface area contributed by atoms with E-state index in [1.54, 1.807) is 13.0 Å². The van der Waals surface area contributed by atoms with Gasteiger partial charge in [-0.15, -0.1) is 0 Å². The minimum absolute atomic E-state index is 0.0436. The number of hydrogen-bond donors (Lipinski definition) is 2. The van der Waals surface area contributed by atoms with Crippen LogP contribution in [0.25, 0.3) is 10.9 Å². The van der Waals surface area contributed by atoms with Crippen molar-refractivity contribution in [1.82, 2.24) is 10.3 Å². The van der Waals surface area contributed by atoms with Crippen LogP contribution in [0, 0.1) is 0 Å². The number of carbonyl (C=O) groups excluding carboxylic acids is 2. The van der Waals surface area contributed by atoms with E-state index in [4.69, 9.17) is 0 Å². The topological polar surface area (TPSA) is 62.0 Å². The van der Waals surface area contributed by atoms with Gasteiger partial charge in [-0.1, -0.05) is 0 Å². The lowest BCUT2D eigenvalue weighted by Gasteiger charge is -2.11. The van der Waals surface area contributed by atoms with Crippen molar-refractivity contribution in [1.29, 1.82) is 0 Å². The van der Waals surface area contributed by atoms with Crippen LogP contribution in [0.15, 0.2) is 18.2 Å². The lowest BCUT2D eigenvalue weighted by Crippen LogP contribution is -2.31. The molecule has 0 spiro atoms. The molecule has 1 aliphatic heterocycles. The van der Waals surface area contributed by atoms with Crippen LogP contribution < -0.4 is 5.32 Å². The molecule has 1 aromatic heterocycles. The molecule has 0 aliphatic carbocycles. The van der Waals surface area contributed by atoms with E-state index in [0.29, 0.717) is 17.8 Å². The summed E-state index contributed by atoms with van der Waals surface area (Å²) >= 11 is 0. The van der Waals surface area contributed by atoms with E-state index >= 15 is 0 Å². The SMILES string of the molecule is CC(=O)c1ccc2[nH]c3c(c2c1)CCNC3=O. The van der Waals surface area contributed by atoms with Crippen LogP contribution in [0.5, 0.6) is 0 Å². The number of Topliss-reactive ketones (excluding diaryl/α,β-unsaturated/α-hetero) is 1. The van der Waals surface area contributed by atoms with Crippen molar-refractivity contribution in [2.75, 3.05) is 6.54 Å². The first kappa shape index (κ1) is 10.1. The molecule has 2 heterocycles. The van der Waals surface area contributed by atoms with Crippen molar-refractivity contribution in [3.8, 4) is 0 Å². The summed E-state index contributed by atoms with van der Waals surface area (Å²) in [6.45, 7) is 2.20. The maximum atomic E-state index is 11.7. The molecule has 86 valence electrons. The Kier molecular flexibility index (Phi) is 2.04. The zero-order chi connectivity index (χ0) is 12.0. The highest BCUT2D eigenvalue weighted by Crippen LogP contribution is 2.26. The largest absolute Gasteiger partial charge is 0.350 e. The molecule has 1 aromatic carbocycles. The normalized spacial score (nSPS) is 14.5. The second kappa shape index (κ2) is 3.45. The predicted molar refractivity (Wildman–Crippen MR) is 64.3 cm³/mol. The molecule has 0 saturated heterocycles. The third kappa shape index (κ3) is 1.45. The molecule has 1 amide bonds. The van der Waals surface area contributed by atoms with E-state index in [2.05, 4.69) is 10.3 Å². The van der Waals surface area contributed by atoms with Gasteiger partial charge >= 0.3 is 0 Å². The number of aromatic nitrogens is 1. The third-order valence-electron chi connectivity index (χ3n) is 3.20. The maximum absolute atomic E-state index is 11.7. The first-order valence-electron chi connectivity index (χ1n) is 5.60. The van der Waals surface area contributed by atoms with Gasteiger partial charge in [0.25, 0.3) is 5.91 Å². The molecule has 3 rings (SSSR count). The van der Waals surface area contributed by atoms with Crippen LogP contribution in [0.1, 0.15) is 33.3 Å². The molecule has 0 radical (unpaired) electrons. The van der Waals surface area contributed by atoms with Crippen LogP contribution in [0.2, 0.25) is 0 Å². The molecule has 0 unspecified atom stereocenters. The molecule has 17 heavy (non-hydrogen) atoms. The van der Waals surface area contributed by atoms with Gasteiger partial charge in [-0.05, 0) is 37.1 Å². The number of aromatic amines is 1. The van der Waals surface area contributed by atoms with Crippen molar-refractivity contribution in [3.05, 3.63) is 35.0 Å². The number of benzene rings is 1. The molecule has 4 nitrogen and oxygen atoms in total. The van der Waals surface area contributed by atoms with Crippen LogP contribution in [0.4, 0.5) is 0 Å². The summed E-state index contributed by atoms with van der Waals surface area (Å²) in [5, 5.41) is 3.79. The minimum Gasteiger partial charge on any atom is -0.350 e. The molecule has 1 aliphatic rings. The molecule has 2 N–H and O–H groups in total. The number of amides is 1. The molecular weight excluding hydrogens is 216 g/mol. The Morgan fingerprint density at radius 1 is 1.35 bits per heavy atom.